The number of carbonyl (C=O) groups excluding carboxylic acids is 2. The first kappa shape index (κ1) is 21.1. The minimum Gasteiger partial charge on any atom is -0.495 e. The summed E-state index contributed by atoms with van der Waals surface area (Å²) in [5.41, 5.74) is 1.35. The highest BCUT2D eigenvalue weighted by molar-refractivity contribution is 6.39. The number of carbonyl (C=O) groups is 2. The molecular formula is C20H18Cl2O7. The third-order valence-electron chi connectivity index (χ3n) is 4.76. The summed E-state index contributed by atoms with van der Waals surface area (Å²) in [6.45, 7) is 4.89. The first-order valence-electron chi connectivity index (χ1n) is 8.44. The molecule has 0 bridgehead atoms. The zero-order valence-electron chi connectivity index (χ0n) is 16.6. The van der Waals surface area contributed by atoms with Crippen molar-refractivity contribution in [3.8, 4) is 28.7 Å². The van der Waals surface area contributed by atoms with Crippen molar-refractivity contribution in [3.63, 3.8) is 0 Å². The lowest BCUT2D eigenvalue weighted by Crippen LogP contribution is -2.12. The maximum absolute atomic E-state index is 12.9. The molecule has 1 heterocycles. The van der Waals surface area contributed by atoms with Crippen molar-refractivity contribution in [2.45, 2.75) is 20.8 Å². The average Bonchev–Trinajstić information content (AvgIpc) is 2.85. The molecule has 1 aliphatic rings. The van der Waals surface area contributed by atoms with Crippen LogP contribution in [0.1, 0.15) is 37.4 Å². The molecule has 9 heteroatoms. The van der Waals surface area contributed by atoms with Gasteiger partial charge in [0.1, 0.15) is 21.9 Å². The fourth-order valence-corrected chi connectivity index (χ4v) is 3.91. The SMILES string of the molecule is COC(=O)c1c(C)c2c(c(C)c1OC)OC(=O)c1c(C)c(Cl)c(OC)c(Cl)c1O2. The minimum atomic E-state index is -0.710. The number of methoxy groups -OCH3 is 3. The molecule has 1 aliphatic heterocycles. The minimum absolute atomic E-state index is 0.00962. The van der Waals surface area contributed by atoms with E-state index in [-0.39, 0.29) is 49.9 Å². The van der Waals surface area contributed by atoms with Gasteiger partial charge in [-0.3, -0.25) is 0 Å². The molecule has 0 spiro atoms. The van der Waals surface area contributed by atoms with Gasteiger partial charge in [0, 0.05) is 11.1 Å². The Morgan fingerprint density at radius 3 is 1.93 bits per heavy atom. The second kappa shape index (κ2) is 7.65. The summed E-state index contributed by atoms with van der Waals surface area (Å²) in [6.07, 6.45) is 0. The first-order chi connectivity index (χ1) is 13.7. The van der Waals surface area contributed by atoms with Crippen LogP contribution in [0.3, 0.4) is 0 Å². The van der Waals surface area contributed by atoms with Gasteiger partial charge >= 0.3 is 11.9 Å². The summed E-state index contributed by atoms with van der Waals surface area (Å²) in [5.74, 6) is -0.678. The first-order valence-corrected chi connectivity index (χ1v) is 9.20. The summed E-state index contributed by atoms with van der Waals surface area (Å²) in [6, 6.07) is 0. The zero-order valence-corrected chi connectivity index (χ0v) is 18.1. The number of rotatable bonds is 3. The van der Waals surface area contributed by atoms with Gasteiger partial charge in [0.25, 0.3) is 0 Å². The van der Waals surface area contributed by atoms with Crippen LogP contribution in [0.25, 0.3) is 0 Å². The molecule has 0 aliphatic carbocycles. The number of halogens is 2. The van der Waals surface area contributed by atoms with Gasteiger partial charge in [-0.15, -0.1) is 0 Å². The van der Waals surface area contributed by atoms with Crippen molar-refractivity contribution in [3.05, 3.63) is 37.9 Å². The number of esters is 2. The van der Waals surface area contributed by atoms with Crippen LogP contribution in [0.2, 0.25) is 10.0 Å². The fraction of sp³-hybridized carbons (Fsp3) is 0.300. The van der Waals surface area contributed by atoms with Gasteiger partial charge in [-0.05, 0) is 26.3 Å². The van der Waals surface area contributed by atoms with E-state index in [0.29, 0.717) is 16.7 Å². The highest BCUT2D eigenvalue weighted by Gasteiger charge is 2.36. The average molecular weight is 441 g/mol. The molecule has 2 aromatic carbocycles. The summed E-state index contributed by atoms with van der Waals surface area (Å²) >= 11 is 12.7. The Morgan fingerprint density at radius 1 is 0.793 bits per heavy atom. The van der Waals surface area contributed by atoms with E-state index >= 15 is 0 Å². The lowest BCUT2D eigenvalue weighted by atomic mass is 10.0. The Morgan fingerprint density at radius 2 is 1.38 bits per heavy atom. The number of hydrogen-bond donors (Lipinski definition) is 0. The molecule has 0 atom stereocenters. The Kier molecular flexibility index (Phi) is 5.56. The van der Waals surface area contributed by atoms with E-state index in [1.54, 1.807) is 20.8 Å². The van der Waals surface area contributed by atoms with Gasteiger partial charge in [-0.25, -0.2) is 9.59 Å². The van der Waals surface area contributed by atoms with Crippen LogP contribution in [-0.2, 0) is 4.74 Å². The number of fused-ring (bicyclic) bond motifs is 2. The molecule has 0 aromatic heterocycles. The van der Waals surface area contributed by atoms with Gasteiger partial charge < -0.3 is 23.7 Å². The number of hydrogen-bond acceptors (Lipinski definition) is 7. The standard InChI is InChI=1S/C20H18Cl2O7/c1-7-10-17(13(22)18(26-5)12(7)21)28-15-8(2)11(19(23)27-6)14(25-4)9(3)16(15)29-20(10)24/h1-6H3. The predicted octanol–water partition coefficient (Wildman–Crippen LogP) is 5.05. The van der Waals surface area contributed by atoms with Crippen LogP contribution in [-0.4, -0.2) is 33.3 Å². The summed E-state index contributed by atoms with van der Waals surface area (Å²) in [5, 5.41) is 0.180. The van der Waals surface area contributed by atoms with Crippen molar-refractivity contribution in [2.75, 3.05) is 21.3 Å². The molecule has 7 nitrogen and oxygen atoms in total. The van der Waals surface area contributed by atoms with E-state index < -0.39 is 11.9 Å². The summed E-state index contributed by atoms with van der Waals surface area (Å²) in [7, 11) is 4.06. The van der Waals surface area contributed by atoms with Crippen molar-refractivity contribution in [1.29, 1.82) is 0 Å². The van der Waals surface area contributed by atoms with E-state index in [2.05, 4.69) is 0 Å². The van der Waals surface area contributed by atoms with Crippen molar-refractivity contribution in [2.24, 2.45) is 0 Å². The summed E-state index contributed by atoms with van der Waals surface area (Å²) < 4.78 is 27.2. The largest absolute Gasteiger partial charge is 0.495 e. The molecule has 0 saturated heterocycles. The van der Waals surface area contributed by atoms with E-state index in [4.69, 9.17) is 46.9 Å². The second-order valence-corrected chi connectivity index (χ2v) is 7.05. The third kappa shape index (κ3) is 3.05. The van der Waals surface area contributed by atoms with Crippen molar-refractivity contribution >= 4 is 35.1 Å². The number of ether oxygens (including phenoxy) is 5. The van der Waals surface area contributed by atoms with Crippen molar-refractivity contribution in [1.82, 2.24) is 0 Å². The van der Waals surface area contributed by atoms with Crippen LogP contribution in [0.15, 0.2) is 0 Å². The second-order valence-electron chi connectivity index (χ2n) is 6.29. The molecule has 0 amide bonds. The van der Waals surface area contributed by atoms with E-state index in [1.165, 1.54) is 21.3 Å². The molecule has 2 aromatic rings. The summed E-state index contributed by atoms with van der Waals surface area (Å²) in [4.78, 5) is 25.3. The highest BCUT2D eigenvalue weighted by atomic mass is 35.5. The predicted molar refractivity (Wildman–Crippen MR) is 107 cm³/mol. The Labute approximate surface area is 177 Å². The molecule has 29 heavy (non-hydrogen) atoms. The Hall–Kier alpha value is -2.64. The van der Waals surface area contributed by atoms with Gasteiger partial charge in [0.15, 0.2) is 23.0 Å². The van der Waals surface area contributed by atoms with E-state index in [9.17, 15) is 9.59 Å². The smallest absolute Gasteiger partial charge is 0.347 e. The highest BCUT2D eigenvalue weighted by Crippen LogP contribution is 2.53. The zero-order chi connectivity index (χ0) is 21.6. The molecule has 3 rings (SSSR count). The molecule has 0 unspecified atom stereocenters. The van der Waals surface area contributed by atoms with Crippen LogP contribution in [0.5, 0.6) is 28.7 Å². The van der Waals surface area contributed by atoms with Crippen LogP contribution >= 0.6 is 23.2 Å². The van der Waals surface area contributed by atoms with Gasteiger partial charge in [0.2, 0.25) is 0 Å². The lowest BCUT2D eigenvalue weighted by Gasteiger charge is -2.19. The fourth-order valence-electron chi connectivity index (χ4n) is 3.29. The molecule has 0 fully saturated rings. The molecular weight excluding hydrogens is 423 g/mol. The Bertz CT molecular complexity index is 1060. The van der Waals surface area contributed by atoms with Crippen molar-refractivity contribution < 1.29 is 33.3 Å². The molecule has 0 saturated carbocycles. The topological polar surface area (TPSA) is 80.3 Å². The van der Waals surface area contributed by atoms with Gasteiger partial charge in [-0.1, -0.05) is 23.2 Å². The van der Waals surface area contributed by atoms with Crippen LogP contribution in [0.4, 0.5) is 0 Å². The monoisotopic (exact) mass is 440 g/mol. The quantitative estimate of drug-likeness (QED) is 0.487. The maximum atomic E-state index is 12.9. The molecule has 154 valence electrons. The van der Waals surface area contributed by atoms with Gasteiger partial charge in [-0.2, -0.15) is 0 Å². The lowest BCUT2D eigenvalue weighted by molar-refractivity contribution is 0.0595. The number of benzene rings is 2. The molecule has 0 N–H and O–H groups in total. The normalized spacial score (nSPS) is 12.2. The van der Waals surface area contributed by atoms with Gasteiger partial charge in [0.05, 0.1) is 26.4 Å². The van der Waals surface area contributed by atoms with E-state index in [1.807, 2.05) is 0 Å². The molecule has 0 radical (unpaired) electrons. The van der Waals surface area contributed by atoms with Crippen LogP contribution in [0, 0.1) is 20.8 Å². The maximum Gasteiger partial charge on any atom is 0.347 e. The van der Waals surface area contributed by atoms with Crippen LogP contribution < -0.4 is 18.9 Å². The van der Waals surface area contributed by atoms with E-state index in [0.717, 1.165) is 0 Å². The Balaban J connectivity index is 2.40. The third-order valence-corrected chi connectivity index (χ3v) is 5.56.